The Bertz CT molecular complexity index is 342. The first kappa shape index (κ1) is 11.5. The number of β-amino-alcohol motifs (C(OH)–C–C–N with tert-alkyl or cyclic N) is 1. The fourth-order valence-electron chi connectivity index (χ4n) is 1.78. The van der Waals surface area contributed by atoms with E-state index in [1.54, 1.807) is 0 Å². The molecular formula is C10H17N3O3. The summed E-state index contributed by atoms with van der Waals surface area (Å²) in [6.45, 7) is 5.00. The largest absolute Gasteiger partial charge is 0.392 e. The van der Waals surface area contributed by atoms with Crippen molar-refractivity contribution in [3.05, 3.63) is 11.7 Å². The predicted molar refractivity (Wildman–Crippen MR) is 55.7 cm³/mol. The first-order valence-electron chi connectivity index (χ1n) is 5.57. The average molecular weight is 227 g/mol. The lowest BCUT2D eigenvalue weighted by molar-refractivity contribution is 0.0683. The monoisotopic (exact) mass is 227 g/mol. The zero-order chi connectivity index (χ0) is 11.5. The maximum Gasteiger partial charge on any atom is 0.243 e. The summed E-state index contributed by atoms with van der Waals surface area (Å²) in [5, 5.41) is 16.4. The standard InChI is InChI=1S/C10H17N3O3/c1-3-15-6(2)9-12-10(16-13-9)8-4-7(14)5-11-8/h6-8,11,14H,3-5H2,1-2H3/t6?,7-,8-/m0/s1. The molecule has 0 amide bonds. The van der Waals surface area contributed by atoms with Gasteiger partial charge in [0.2, 0.25) is 5.89 Å². The molecular weight excluding hydrogens is 210 g/mol. The van der Waals surface area contributed by atoms with E-state index < -0.39 is 0 Å². The molecule has 90 valence electrons. The molecule has 1 aliphatic rings. The second kappa shape index (κ2) is 4.90. The Morgan fingerprint density at radius 1 is 1.69 bits per heavy atom. The third kappa shape index (κ3) is 2.40. The lowest BCUT2D eigenvalue weighted by Gasteiger charge is -2.05. The first-order valence-corrected chi connectivity index (χ1v) is 5.57. The van der Waals surface area contributed by atoms with Gasteiger partial charge in [0.25, 0.3) is 0 Å². The zero-order valence-corrected chi connectivity index (χ0v) is 9.51. The van der Waals surface area contributed by atoms with Gasteiger partial charge in [-0.15, -0.1) is 0 Å². The summed E-state index contributed by atoms with van der Waals surface area (Å²) in [7, 11) is 0. The number of ether oxygens (including phenoxy) is 1. The van der Waals surface area contributed by atoms with Crippen molar-refractivity contribution in [1.82, 2.24) is 15.5 Å². The summed E-state index contributed by atoms with van der Waals surface area (Å²) >= 11 is 0. The second-order valence-electron chi connectivity index (χ2n) is 3.94. The molecule has 0 aromatic carbocycles. The molecule has 0 bridgehead atoms. The number of aliphatic hydroxyl groups is 1. The number of rotatable bonds is 4. The Kier molecular flexibility index (Phi) is 3.52. The second-order valence-corrected chi connectivity index (χ2v) is 3.94. The van der Waals surface area contributed by atoms with Gasteiger partial charge in [-0.1, -0.05) is 5.16 Å². The van der Waals surface area contributed by atoms with Crippen molar-refractivity contribution in [3.63, 3.8) is 0 Å². The number of nitrogens with one attached hydrogen (secondary N) is 1. The summed E-state index contributed by atoms with van der Waals surface area (Å²) in [6, 6.07) is -0.0370. The molecule has 0 aliphatic carbocycles. The normalized spacial score (nSPS) is 27.2. The van der Waals surface area contributed by atoms with E-state index in [1.165, 1.54) is 0 Å². The van der Waals surface area contributed by atoms with Crippen LogP contribution >= 0.6 is 0 Å². The smallest absolute Gasteiger partial charge is 0.243 e. The van der Waals surface area contributed by atoms with Crippen LogP contribution in [0.15, 0.2) is 4.52 Å². The lowest BCUT2D eigenvalue weighted by atomic mass is 10.2. The van der Waals surface area contributed by atoms with Crippen molar-refractivity contribution in [2.45, 2.75) is 38.5 Å². The molecule has 6 nitrogen and oxygen atoms in total. The zero-order valence-electron chi connectivity index (χ0n) is 9.51. The van der Waals surface area contributed by atoms with Crippen LogP contribution in [0.3, 0.4) is 0 Å². The number of hydrogen-bond acceptors (Lipinski definition) is 6. The highest BCUT2D eigenvalue weighted by Gasteiger charge is 2.28. The highest BCUT2D eigenvalue weighted by Crippen LogP contribution is 2.23. The van der Waals surface area contributed by atoms with Gasteiger partial charge in [0, 0.05) is 13.2 Å². The minimum Gasteiger partial charge on any atom is -0.392 e. The third-order valence-corrected chi connectivity index (χ3v) is 2.64. The highest BCUT2D eigenvalue weighted by molar-refractivity contribution is 4.98. The third-order valence-electron chi connectivity index (χ3n) is 2.64. The van der Waals surface area contributed by atoms with Gasteiger partial charge in [-0.25, -0.2) is 0 Å². The van der Waals surface area contributed by atoms with Crippen molar-refractivity contribution in [2.24, 2.45) is 0 Å². The maximum absolute atomic E-state index is 9.38. The van der Waals surface area contributed by atoms with Crippen LogP contribution in [0.25, 0.3) is 0 Å². The predicted octanol–water partition coefficient (Wildman–Crippen LogP) is 0.562. The van der Waals surface area contributed by atoms with E-state index in [-0.39, 0.29) is 18.2 Å². The van der Waals surface area contributed by atoms with Crippen LogP contribution in [0, 0.1) is 0 Å². The SMILES string of the molecule is CCOC(C)c1noc([C@@H]2C[C@H](O)CN2)n1. The molecule has 0 saturated carbocycles. The quantitative estimate of drug-likeness (QED) is 0.782. The molecule has 16 heavy (non-hydrogen) atoms. The van der Waals surface area contributed by atoms with Gasteiger partial charge in [0.05, 0.1) is 12.1 Å². The van der Waals surface area contributed by atoms with Crippen molar-refractivity contribution < 1.29 is 14.4 Å². The molecule has 6 heteroatoms. The average Bonchev–Trinajstić information content (AvgIpc) is 2.85. The minimum atomic E-state index is -0.329. The molecule has 2 heterocycles. The van der Waals surface area contributed by atoms with Crippen LogP contribution < -0.4 is 5.32 Å². The topological polar surface area (TPSA) is 80.4 Å². The van der Waals surface area contributed by atoms with E-state index in [0.29, 0.717) is 31.3 Å². The Morgan fingerprint density at radius 3 is 3.12 bits per heavy atom. The number of aromatic nitrogens is 2. The van der Waals surface area contributed by atoms with Gasteiger partial charge in [-0.05, 0) is 20.3 Å². The molecule has 1 fully saturated rings. The molecule has 1 unspecified atom stereocenters. The van der Waals surface area contributed by atoms with Crippen molar-refractivity contribution in [1.29, 1.82) is 0 Å². The number of nitrogens with zero attached hydrogens (tertiary/aromatic N) is 2. The number of aliphatic hydroxyl groups excluding tert-OH is 1. The Morgan fingerprint density at radius 2 is 2.50 bits per heavy atom. The van der Waals surface area contributed by atoms with E-state index in [0.717, 1.165) is 0 Å². The fourth-order valence-corrected chi connectivity index (χ4v) is 1.78. The van der Waals surface area contributed by atoms with Gasteiger partial charge < -0.3 is 19.7 Å². The molecule has 2 rings (SSSR count). The molecule has 1 saturated heterocycles. The van der Waals surface area contributed by atoms with E-state index in [2.05, 4.69) is 15.5 Å². The molecule has 1 aromatic rings. The van der Waals surface area contributed by atoms with Gasteiger partial charge >= 0.3 is 0 Å². The highest BCUT2D eigenvalue weighted by atomic mass is 16.5. The first-order chi connectivity index (χ1) is 7.70. The summed E-state index contributed by atoms with van der Waals surface area (Å²) < 4.78 is 10.5. The number of hydrogen-bond donors (Lipinski definition) is 2. The van der Waals surface area contributed by atoms with Crippen LogP contribution in [0.4, 0.5) is 0 Å². The lowest BCUT2D eigenvalue weighted by Crippen LogP contribution is -2.15. The van der Waals surface area contributed by atoms with E-state index in [4.69, 9.17) is 9.26 Å². The van der Waals surface area contributed by atoms with Gasteiger partial charge in [0.15, 0.2) is 5.82 Å². The van der Waals surface area contributed by atoms with Crippen LogP contribution in [0.2, 0.25) is 0 Å². The Hall–Kier alpha value is -0.980. The van der Waals surface area contributed by atoms with Crippen LogP contribution in [0.1, 0.15) is 44.1 Å². The van der Waals surface area contributed by atoms with Crippen LogP contribution in [-0.2, 0) is 4.74 Å². The maximum atomic E-state index is 9.38. The molecule has 3 atom stereocenters. The van der Waals surface area contributed by atoms with Crippen molar-refractivity contribution >= 4 is 0 Å². The summed E-state index contributed by atoms with van der Waals surface area (Å²) in [6.07, 6.45) is 0.128. The molecule has 1 aliphatic heterocycles. The molecule has 0 spiro atoms. The van der Waals surface area contributed by atoms with Gasteiger partial charge in [-0.3, -0.25) is 0 Å². The molecule has 2 N–H and O–H groups in total. The van der Waals surface area contributed by atoms with Crippen molar-refractivity contribution in [3.8, 4) is 0 Å². The van der Waals surface area contributed by atoms with E-state index in [9.17, 15) is 5.11 Å². The molecule has 1 aromatic heterocycles. The van der Waals surface area contributed by atoms with Crippen LogP contribution in [-0.4, -0.2) is 34.5 Å². The minimum absolute atomic E-state index is 0.0370. The van der Waals surface area contributed by atoms with Crippen LogP contribution in [0.5, 0.6) is 0 Å². The Balaban J connectivity index is 2.01. The van der Waals surface area contributed by atoms with Gasteiger partial charge in [0.1, 0.15) is 6.10 Å². The summed E-state index contributed by atoms with van der Waals surface area (Å²) in [4.78, 5) is 4.27. The Labute approximate surface area is 94.0 Å². The van der Waals surface area contributed by atoms with E-state index >= 15 is 0 Å². The van der Waals surface area contributed by atoms with E-state index in [1.807, 2.05) is 13.8 Å². The summed E-state index contributed by atoms with van der Waals surface area (Å²) in [5.41, 5.74) is 0. The molecule has 0 radical (unpaired) electrons. The van der Waals surface area contributed by atoms with Gasteiger partial charge in [-0.2, -0.15) is 4.98 Å². The summed E-state index contributed by atoms with van der Waals surface area (Å²) in [5.74, 6) is 1.08. The fraction of sp³-hybridized carbons (Fsp3) is 0.800. The van der Waals surface area contributed by atoms with Crippen molar-refractivity contribution in [2.75, 3.05) is 13.2 Å².